The van der Waals surface area contributed by atoms with Gasteiger partial charge in [-0.25, -0.2) is 4.39 Å². The molecular weight excluding hydrogens is 181 g/mol. The van der Waals surface area contributed by atoms with E-state index in [0.29, 0.717) is 0 Å². The Morgan fingerprint density at radius 2 is 2.00 bits per heavy atom. The van der Waals surface area contributed by atoms with Crippen molar-refractivity contribution >= 4 is 11.6 Å². The summed E-state index contributed by atoms with van der Waals surface area (Å²) in [6, 6.07) is 4.33. The van der Waals surface area contributed by atoms with Crippen LogP contribution in [0.3, 0.4) is 0 Å². The second-order valence-corrected chi connectivity index (χ2v) is 2.94. The third-order valence-corrected chi connectivity index (χ3v) is 2.13. The maximum atomic E-state index is 12.7. The zero-order valence-electron chi connectivity index (χ0n) is 8.60. The molecule has 2 nitrogen and oxygen atoms in total. The topological polar surface area (TPSA) is 29.1 Å². The van der Waals surface area contributed by atoms with Crippen molar-refractivity contribution in [2.24, 2.45) is 0 Å². The van der Waals surface area contributed by atoms with Crippen LogP contribution in [-0.2, 0) is 4.79 Å². The molecule has 0 radical (unpaired) electrons. The fraction of sp³-hybridized carbons (Fsp3) is 0.364. The van der Waals surface area contributed by atoms with Gasteiger partial charge in [0.2, 0.25) is 5.91 Å². The lowest BCUT2D eigenvalue weighted by molar-refractivity contribution is -0.116. The summed E-state index contributed by atoms with van der Waals surface area (Å²) in [6.45, 7) is 5.76. The normalized spacial score (nSPS) is 18.0. The standard InChI is InChI=1S/C9H8FNO.C2H6/c1-5-7-4-6(10)2-3-8(7)11-9(5)12;1-2/h2-5H,1H3,(H,11,12);1-2H3. The van der Waals surface area contributed by atoms with Crippen molar-refractivity contribution in [2.75, 3.05) is 5.32 Å². The lowest BCUT2D eigenvalue weighted by atomic mass is 10.0. The van der Waals surface area contributed by atoms with Gasteiger partial charge >= 0.3 is 0 Å². The highest BCUT2D eigenvalue weighted by Gasteiger charge is 2.26. The largest absolute Gasteiger partial charge is 0.325 e. The molecule has 0 saturated heterocycles. The Labute approximate surface area is 83.1 Å². The Morgan fingerprint density at radius 1 is 1.36 bits per heavy atom. The van der Waals surface area contributed by atoms with Gasteiger partial charge in [-0.3, -0.25) is 4.79 Å². The average molecular weight is 195 g/mol. The number of benzene rings is 1. The number of halogens is 1. The highest BCUT2D eigenvalue weighted by molar-refractivity contribution is 6.02. The number of hydrogen-bond donors (Lipinski definition) is 1. The summed E-state index contributed by atoms with van der Waals surface area (Å²) in [5, 5.41) is 2.67. The van der Waals surface area contributed by atoms with Crippen LogP contribution in [0.4, 0.5) is 10.1 Å². The first-order valence-electron chi connectivity index (χ1n) is 4.79. The zero-order valence-corrected chi connectivity index (χ0v) is 8.60. The first kappa shape index (κ1) is 10.7. The molecule has 0 aromatic heterocycles. The van der Waals surface area contributed by atoms with Crippen LogP contribution in [0, 0.1) is 5.82 Å². The maximum absolute atomic E-state index is 12.7. The summed E-state index contributed by atoms with van der Waals surface area (Å²) in [5.74, 6) is -0.580. The third-order valence-electron chi connectivity index (χ3n) is 2.13. The van der Waals surface area contributed by atoms with Crippen molar-refractivity contribution in [3.63, 3.8) is 0 Å². The first-order chi connectivity index (χ1) is 6.68. The van der Waals surface area contributed by atoms with Gasteiger partial charge < -0.3 is 5.32 Å². The summed E-state index contributed by atoms with van der Waals surface area (Å²) < 4.78 is 12.7. The van der Waals surface area contributed by atoms with Crippen molar-refractivity contribution in [3.05, 3.63) is 29.6 Å². The molecule has 14 heavy (non-hydrogen) atoms. The lowest BCUT2D eigenvalue weighted by Gasteiger charge is -1.99. The second kappa shape index (κ2) is 4.22. The summed E-state index contributed by atoms with van der Waals surface area (Å²) >= 11 is 0. The molecule has 3 heteroatoms. The van der Waals surface area contributed by atoms with E-state index in [1.54, 1.807) is 13.0 Å². The fourth-order valence-electron chi connectivity index (χ4n) is 1.39. The third kappa shape index (κ3) is 1.76. The molecule has 1 aliphatic heterocycles. The molecule has 0 fully saturated rings. The molecule has 0 aliphatic carbocycles. The maximum Gasteiger partial charge on any atom is 0.231 e. The molecule has 2 rings (SSSR count). The number of rotatable bonds is 0. The SMILES string of the molecule is CC.CC1C(=O)Nc2ccc(F)cc21. The summed E-state index contributed by atoms with van der Waals surface area (Å²) in [4.78, 5) is 11.1. The van der Waals surface area contributed by atoms with Gasteiger partial charge in [-0.15, -0.1) is 0 Å². The molecule has 0 spiro atoms. The van der Waals surface area contributed by atoms with E-state index < -0.39 is 0 Å². The highest BCUT2D eigenvalue weighted by atomic mass is 19.1. The van der Waals surface area contributed by atoms with Gasteiger partial charge in [0.25, 0.3) is 0 Å². The Balaban J connectivity index is 0.000000461. The van der Waals surface area contributed by atoms with E-state index >= 15 is 0 Å². The average Bonchev–Trinajstić information content (AvgIpc) is 2.48. The van der Waals surface area contributed by atoms with Gasteiger partial charge in [0, 0.05) is 5.69 Å². The van der Waals surface area contributed by atoms with Crippen LogP contribution in [-0.4, -0.2) is 5.91 Å². The summed E-state index contributed by atoms with van der Waals surface area (Å²) in [7, 11) is 0. The molecule has 1 N–H and O–H groups in total. The van der Waals surface area contributed by atoms with Crippen LogP contribution >= 0.6 is 0 Å². The smallest absolute Gasteiger partial charge is 0.231 e. The van der Waals surface area contributed by atoms with Gasteiger partial charge in [-0.2, -0.15) is 0 Å². The minimum atomic E-state index is -0.294. The van der Waals surface area contributed by atoms with Crippen molar-refractivity contribution < 1.29 is 9.18 Å². The van der Waals surface area contributed by atoms with E-state index in [-0.39, 0.29) is 17.6 Å². The molecule has 1 atom stereocenters. The number of carbonyl (C=O) groups excluding carboxylic acids is 1. The zero-order chi connectivity index (χ0) is 10.7. The van der Waals surface area contributed by atoms with Crippen molar-refractivity contribution in [1.29, 1.82) is 0 Å². The monoisotopic (exact) mass is 195 g/mol. The van der Waals surface area contributed by atoms with Gasteiger partial charge in [0.15, 0.2) is 0 Å². The summed E-state index contributed by atoms with van der Waals surface area (Å²) in [5.41, 5.74) is 1.48. The molecule has 1 amide bonds. The number of carbonyl (C=O) groups is 1. The van der Waals surface area contributed by atoms with Crippen LogP contribution in [0.5, 0.6) is 0 Å². The van der Waals surface area contributed by atoms with Crippen LogP contribution in [0.15, 0.2) is 18.2 Å². The molecule has 0 bridgehead atoms. The predicted octanol–water partition coefficient (Wildman–Crippen LogP) is 2.91. The molecule has 1 aliphatic rings. The Kier molecular flexibility index (Phi) is 3.23. The van der Waals surface area contributed by atoms with E-state index in [4.69, 9.17) is 0 Å². The molecular formula is C11H14FNO. The molecule has 0 saturated carbocycles. The quantitative estimate of drug-likeness (QED) is 0.677. The van der Waals surface area contributed by atoms with Gasteiger partial charge in [-0.05, 0) is 30.7 Å². The van der Waals surface area contributed by atoms with E-state index in [0.717, 1.165) is 11.3 Å². The highest BCUT2D eigenvalue weighted by Crippen LogP contribution is 2.31. The molecule has 1 unspecified atom stereocenters. The van der Waals surface area contributed by atoms with Crippen LogP contribution in [0.25, 0.3) is 0 Å². The molecule has 1 aromatic rings. The van der Waals surface area contributed by atoms with Gasteiger partial charge in [0.05, 0.1) is 5.92 Å². The van der Waals surface area contributed by atoms with Crippen LogP contribution in [0.1, 0.15) is 32.3 Å². The fourth-order valence-corrected chi connectivity index (χ4v) is 1.39. The first-order valence-corrected chi connectivity index (χ1v) is 4.79. The Morgan fingerprint density at radius 3 is 2.64 bits per heavy atom. The van der Waals surface area contributed by atoms with Crippen LogP contribution < -0.4 is 5.32 Å². The molecule has 1 aromatic carbocycles. The van der Waals surface area contributed by atoms with Crippen LogP contribution in [0.2, 0.25) is 0 Å². The molecule has 76 valence electrons. The number of anilines is 1. The number of amides is 1. The van der Waals surface area contributed by atoms with E-state index in [9.17, 15) is 9.18 Å². The minimum Gasteiger partial charge on any atom is -0.325 e. The van der Waals surface area contributed by atoms with Crippen molar-refractivity contribution in [1.82, 2.24) is 0 Å². The number of fused-ring (bicyclic) bond motifs is 1. The number of nitrogens with one attached hydrogen (secondary N) is 1. The van der Waals surface area contributed by atoms with E-state index in [1.807, 2.05) is 13.8 Å². The second-order valence-electron chi connectivity index (χ2n) is 2.94. The predicted molar refractivity (Wildman–Crippen MR) is 54.8 cm³/mol. The minimum absolute atomic E-state index is 0.0596. The Hall–Kier alpha value is -1.38. The van der Waals surface area contributed by atoms with Crippen molar-refractivity contribution in [2.45, 2.75) is 26.7 Å². The lowest BCUT2D eigenvalue weighted by Crippen LogP contribution is -2.08. The van der Waals surface area contributed by atoms with Gasteiger partial charge in [0.1, 0.15) is 5.82 Å². The van der Waals surface area contributed by atoms with E-state index in [1.165, 1.54) is 12.1 Å². The number of hydrogen-bond acceptors (Lipinski definition) is 1. The molecule has 1 heterocycles. The van der Waals surface area contributed by atoms with Crippen molar-refractivity contribution in [3.8, 4) is 0 Å². The van der Waals surface area contributed by atoms with Gasteiger partial charge in [-0.1, -0.05) is 13.8 Å². The Bertz CT molecular complexity index is 349. The summed E-state index contributed by atoms with van der Waals surface area (Å²) in [6.07, 6.45) is 0. The van der Waals surface area contributed by atoms with E-state index in [2.05, 4.69) is 5.32 Å².